The topological polar surface area (TPSA) is 38.1 Å². The molecule has 0 saturated carbocycles. The fourth-order valence-corrected chi connectivity index (χ4v) is 1.66. The molecule has 72 valence electrons. The molecule has 0 fully saturated rings. The fraction of sp³-hybridized carbons (Fsp3) is 0.100. The largest absolute Gasteiger partial charge is 0.424 e. The van der Waals surface area contributed by atoms with Crippen LogP contribution in [0.2, 0.25) is 0 Å². The second-order valence-electron chi connectivity index (χ2n) is 2.76. The van der Waals surface area contributed by atoms with E-state index in [1.807, 2.05) is 24.3 Å². The van der Waals surface area contributed by atoms with E-state index < -0.39 is 0 Å². The molecule has 0 spiro atoms. The first-order valence-electron chi connectivity index (χ1n) is 4.20. The van der Waals surface area contributed by atoms with E-state index in [1.165, 1.54) is 0 Å². The van der Waals surface area contributed by atoms with Crippen LogP contribution < -0.4 is 5.32 Å². The Hall–Kier alpha value is -1.29. The molecule has 1 N–H and O–H groups in total. The third-order valence-corrected chi connectivity index (χ3v) is 2.55. The van der Waals surface area contributed by atoms with E-state index in [9.17, 15) is 0 Å². The normalized spacial score (nSPS) is 10.1. The summed E-state index contributed by atoms with van der Waals surface area (Å²) >= 11 is 3.46. The summed E-state index contributed by atoms with van der Waals surface area (Å²) in [5.74, 6) is 0.752. The fourth-order valence-electron chi connectivity index (χ4n) is 1.18. The highest BCUT2D eigenvalue weighted by atomic mass is 79.9. The smallest absolute Gasteiger partial charge is 0.294 e. The number of halogens is 1. The van der Waals surface area contributed by atoms with Crippen molar-refractivity contribution in [3.63, 3.8) is 0 Å². The number of hydrogen-bond acceptors (Lipinski definition) is 3. The molecular formula is C10H9BrN2O. The Labute approximate surface area is 90.3 Å². The maximum Gasteiger partial charge on any atom is 0.294 e. The Balaban J connectivity index is 2.44. The second-order valence-corrected chi connectivity index (χ2v) is 3.61. The number of aromatic nitrogens is 1. The average Bonchev–Trinajstić information content (AvgIpc) is 2.67. The van der Waals surface area contributed by atoms with Crippen molar-refractivity contribution in [1.29, 1.82) is 0 Å². The molecule has 1 aromatic carbocycles. The van der Waals surface area contributed by atoms with Crippen molar-refractivity contribution in [2.24, 2.45) is 0 Å². The summed E-state index contributed by atoms with van der Waals surface area (Å²) in [6.45, 7) is 0. The Bertz CT molecular complexity index is 439. The predicted molar refractivity (Wildman–Crippen MR) is 59.2 cm³/mol. The SMILES string of the molecule is CNc1ncc(-c2ccccc2Br)o1. The van der Waals surface area contributed by atoms with Gasteiger partial charge in [-0.1, -0.05) is 34.1 Å². The van der Waals surface area contributed by atoms with Crippen LogP contribution in [-0.4, -0.2) is 12.0 Å². The van der Waals surface area contributed by atoms with Crippen LogP contribution in [0.5, 0.6) is 0 Å². The number of nitrogens with zero attached hydrogens (tertiary/aromatic N) is 1. The number of oxazole rings is 1. The van der Waals surface area contributed by atoms with Crippen LogP contribution in [0.25, 0.3) is 11.3 Å². The Morgan fingerprint density at radius 1 is 1.36 bits per heavy atom. The van der Waals surface area contributed by atoms with E-state index in [0.29, 0.717) is 6.01 Å². The van der Waals surface area contributed by atoms with Gasteiger partial charge in [0.05, 0.1) is 6.20 Å². The Kier molecular flexibility index (Phi) is 2.54. The molecule has 0 radical (unpaired) electrons. The quantitative estimate of drug-likeness (QED) is 0.893. The van der Waals surface area contributed by atoms with Crippen molar-refractivity contribution < 1.29 is 4.42 Å². The molecule has 0 atom stereocenters. The van der Waals surface area contributed by atoms with Crippen LogP contribution in [0.15, 0.2) is 39.4 Å². The van der Waals surface area contributed by atoms with Crippen LogP contribution in [-0.2, 0) is 0 Å². The standard InChI is InChI=1S/C10H9BrN2O/c1-12-10-13-6-9(14-10)7-4-2-3-5-8(7)11/h2-6H,1H3,(H,12,13). The zero-order valence-electron chi connectivity index (χ0n) is 7.62. The van der Waals surface area contributed by atoms with E-state index in [-0.39, 0.29) is 0 Å². The minimum absolute atomic E-state index is 0.524. The maximum atomic E-state index is 5.45. The molecule has 0 saturated heterocycles. The molecule has 14 heavy (non-hydrogen) atoms. The zero-order valence-corrected chi connectivity index (χ0v) is 9.21. The van der Waals surface area contributed by atoms with Gasteiger partial charge in [0, 0.05) is 17.1 Å². The molecule has 4 heteroatoms. The van der Waals surface area contributed by atoms with E-state index in [1.54, 1.807) is 13.2 Å². The van der Waals surface area contributed by atoms with Crippen LogP contribution in [0.1, 0.15) is 0 Å². The van der Waals surface area contributed by atoms with Crippen molar-refractivity contribution in [3.05, 3.63) is 34.9 Å². The van der Waals surface area contributed by atoms with Crippen LogP contribution in [0.3, 0.4) is 0 Å². The van der Waals surface area contributed by atoms with Gasteiger partial charge in [-0.2, -0.15) is 0 Å². The van der Waals surface area contributed by atoms with Gasteiger partial charge in [-0.15, -0.1) is 0 Å². The minimum Gasteiger partial charge on any atom is -0.424 e. The predicted octanol–water partition coefficient (Wildman–Crippen LogP) is 3.15. The summed E-state index contributed by atoms with van der Waals surface area (Å²) in [6, 6.07) is 8.39. The van der Waals surface area contributed by atoms with Gasteiger partial charge in [0.25, 0.3) is 6.01 Å². The second kappa shape index (κ2) is 3.84. The summed E-state index contributed by atoms with van der Waals surface area (Å²) in [6.07, 6.45) is 1.70. The zero-order chi connectivity index (χ0) is 9.97. The van der Waals surface area contributed by atoms with Crippen molar-refractivity contribution in [1.82, 2.24) is 4.98 Å². The van der Waals surface area contributed by atoms with Crippen molar-refractivity contribution in [2.75, 3.05) is 12.4 Å². The summed E-state index contributed by atoms with van der Waals surface area (Å²) < 4.78 is 6.45. The lowest BCUT2D eigenvalue weighted by Crippen LogP contribution is -1.85. The van der Waals surface area contributed by atoms with Crippen molar-refractivity contribution in [3.8, 4) is 11.3 Å². The first-order valence-corrected chi connectivity index (χ1v) is 4.99. The molecule has 1 heterocycles. The van der Waals surface area contributed by atoms with Crippen LogP contribution >= 0.6 is 15.9 Å². The first kappa shape index (κ1) is 9.27. The summed E-state index contributed by atoms with van der Waals surface area (Å²) in [5.41, 5.74) is 1.00. The van der Waals surface area contributed by atoms with Gasteiger partial charge in [0.1, 0.15) is 0 Å². The van der Waals surface area contributed by atoms with Crippen LogP contribution in [0.4, 0.5) is 6.01 Å². The molecule has 0 aliphatic heterocycles. The average molecular weight is 253 g/mol. The highest BCUT2D eigenvalue weighted by Gasteiger charge is 2.07. The van der Waals surface area contributed by atoms with E-state index in [4.69, 9.17) is 4.42 Å². The summed E-state index contributed by atoms with van der Waals surface area (Å²) in [5, 5.41) is 2.84. The Morgan fingerprint density at radius 2 is 2.14 bits per heavy atom. The monoisotopic (exact) mass is 252 g/mol. The van der Waals surface area contributed by atoms with E-state index in [2.05, 4.69) is 26.2 Å². The lowest BCUT2D eigenvalue weighted by molar-refractivity contribution is 0.589. The highest BCUT2D eigenvalue weighted by Crippen LogP contribution is 2.29. The summed E-state index contributed by atoms with van der Waals surface area (Å²) in [7, 11) is 1.77. The number of anilines is 1. The number of benzene rings is 1. The number of rotatable bonds is 2. The van der Waals surface area contributed by atoms with Gasteiger partial charge < -0.3 is 9.73 Å². The van der Waals surface area contributed by atoms with Gasteiger partial charge in [0.2, 0.25) is 0 Å². The molecule has 0 bridgehead atoms. The van der Waals surface area contributed by atoms with Gasteiger partial charge in [-0.05, 0) is 6.07 Å². The third-order valence-electron chi connectivity index (χ3n) is 1.86. The molecule has 0 amide bonds. The van der Waals surface area contributed by atoms with Gasteiger partial charge in [-0.25, -0.2) is 4.98 Å². The number of hydrogen-bond donors (Lipinski definition) is 1. The molecule has 0 unspecified atom stereocenters. The van der Waals surface area contributed by atoms with E-state index >= 15 is 0 Å². The molecule has 2 rings (SSSR count). The van der Waals surface area contributed by atoms with Gasteiger partial charge in [-0.3, -0.25) is 0 Å². The summed E-state index contributed by atoms with van der Waals surface area (Å²) in [4.78, 5) is 4.05. The minimum atomic E-state index is 0.524. The van der Waals surface area contributed by atoms with Crippen LogP contribution in [0, 0.1) is 0 Å². The van der Waals surface area contributed by atoms with Gasteiger partial charge in [0.15, 0.2) is 5.76 Å². The molecular weight excluding hydrogens is 244 g/mol. The highest BCUT2D eigenvalue weighted by molar-refractivity contribution is 9.10. The van der Waals surface area contributed by atoms with Crippen molar-refractivity contribution in [2.45, 2.75) is 0 Å². The third kappa shape index (κ3) is 1.65. The molecule has 0 aliphatic rings. The first-order chi connectivity index (χ1) is 6.81. The van der Waals surface area contributed by atoms with E-state index in [0.717, 1.165) is 15.8 Å². The molecule has 1 aromatic heterocycles. The molecule has 0 aliphatic carbocycles. The number of nitrogens with one attached hydrogen (secondary N) is 1. The molecule has 2 aromatic rings. The van der Waals surface area contributed by atoms with Gasteiger partial charge >= 0.3 is 0 Å². The maximum absolute atomic E-state index is 5.45. The lowest BCUT2D eigenvalue weighted by Gasteiger charge is -1.98. The lowest BCUT2D eigenvalue weighted by atomic mass is 10.2. The van der Waals surface area contributed by atoms with Crippen molar-refractivity contribution >= 4 is 21.9 Å². The Morgan fingerprint density at radius 3 is 2.79 bits per heavy atom. The molecule has 3 nitrogen and oxygen atoms in total.